The fourth-order valence-corrected chi connectivity index (χ4v) is 1.16. The van der Waals surface area contributed by atoms with Crippen LogP contribution in [0.25, 0.3) is 0 Å². The Morgan fingerprint density at radius 1 is 1.43 bits per heavy atom. The third kappa shape index (κ3) is 2.53. The summed E-state index contributed by atoms with van der Waals surface area (Å²) in [4.78, 5) is 10.5. The van der Waals surface area contributed by atoms with Gasteiger partial charge in [0.25, 0.3) is 0 Å². The molecule has 0 radical (unpaired) electrons. The molecule has 1 aromatic carbocycles. The number of carboxylic acid groups (broad SMARTS) is 1. The highest BCUT2D eigenvalue weighted by atomic mass is 19.1. The van der Waals surface area contributed by atoms with Crippen LogP contribution in [-0.4, -0.2) is 17.8 Å². The monoisotopic (exact) mass is 197 g/mol. The van der Waals surface area contributed by atoms with Crippen molar-refractivity contribution in [1.29, 1.82) is 0 Å². The maximum absolute atomic E-state index is 12.0. The lowest BCUT2D eigenvalue weighted by Gasteiger charge is -2.09. The quantitative estimate of drug-likeness (QED) is 0.772. The van der Waals surface area contributed by atoms with E-state index >= 15 is 0 Å². The first-order chi connectivity index (χ1) is 6.65. The van der Waals surface area contributed by atoms with E-state index in [9.17, 15) is 9.18 Å². The van der Waals surface area contributed by atoms with Gasteiger partial charge in [0.1, 0.15) is 0 Å². The Morgan fingerprint density at radius 2 is 2.00 bits per heavy atom. The first-order valence-electron chi connectivity index (χ1n) is 4.30. The number of hydrogen-bond donors (Lipinski definition) is 2. The summed E-state index contributed by atoms with van der Waals surface area (Å²) in [6.45, 7) is -0.470. The Bertz CT molecular complexity index is 310. The van der Waals surface area contributed by atoms with Crippen molar-refractivity contribution in [3.8, 4) is 0 Å². The molecule has 0 spiro atoms. The maximum atomic E-state index is 12.0. The van der Waals surface area contributed by atoms with Crippen molar-refractivity contribution in [2.45, 2.75) is 12.5 Å². The number of carbonyl (C=O) groups is 1. The number of alkyl halides is 1. The van der Waals surface area contributed by atoms with E-state index in [0.717, 1.165) is 5.56 Å². The van der Waals surface area contributed by atoms with E-state index in [1.165, 1.54) is 12.1 Å². The van der Waals surface area contributed by atoms with Crippen molar-refractivity contribution < 1.29 is 14.3 Å². The minimum atomic E-state index is -0.976. The molecule has 0 fully saturated rings. The van der Waals surface area contributed by atoms with Gasteiger partial charge in [-0.25, -0.2) is 4.79 Å². The van der Waals surface area contributed by atoms with Crippen molar-refractivity contribution in [2.24, 2.45) is 5.73 Å². The van der Waals surface area contributed by atoms with Gasteiger partial charge in [0.15, 0.2) is 0 Å². The molecular weight excluding hydrogens is 185 g/mol. The summed E-state index contributed by atoms with van der Waals surface area (Å²) in [5, 5.41) is 8.63. The smallest absolute Gasteiger partial charge is 0.335 e. The van der Waals surface area contributed by atoms with Gasteiger partial charge in [-0.2, -0.15) is 0 Å². The predicted octanol–water partition coefficient (Wildman–Crippen LogP) is 1.74. The lowest BCUT2D eigenvalue weighted by Crippen LogP contribution is -2.11. The van der Waals surface area contributed by atoms with Crippen LogP contribution in [-0.2, 0) is 0 Å². The standard InChI is InChI=1S/C10H12FNO2/c11-6-5-9(12)7-1-3-8(4-2-7)10(13)14/h1-4,9H,5-6,12H2,(H,13,14)/t9-/m1/s1. The molecule has 14 heavy (non-hydrogen) atoms. The predicted molar refractivity (Wildman–Crippen MR) is 50.9 cm³/mol. The van der Waals surface area contributed by atoms with E-state index in [4.69, 9.17) is 10.8 Å². The van der Waals surface area contributed by atoms with Gasteiger partial charge in [-0.3, -0.25) is 4.39 Å². The van der Waals surface area contributed by atoms with Crippen LogP contribution in [0.15, 0.2) is 24.3 Å². The normalized spacial score (nSPS) is 12.4. The van der Waals surface area contributed by atoms with E-state index in [-0.39, 0.29) is 18.0 Å². The number of nitrogens with two attached hydrogens (primary N) is 1. The second-order valence-electron chi connectivity index (χ2n) is 3.01. The molecule has 76 valence electrons. The minimum Gasteiger partial charge on any atom is -0.478 e. The molecule has 3 nitrogen and oxygen atoms in total. The molecule has 0 saturated heterocycles. The molecular formula is C10H12FNO2. The first kappa shape index (κ1) is 10.7. The molecule has 0 bridgehead atoms. The third-order valence-electron chi connectivity index (χ3n) is 2.01. The van der Waals surface area contributed by atoms with Gasteiger partial charge in [0, 0.05) is 6.04 Å². The van der Waals surface area contributed by atoms with Gasteiger partial charge in [-0.1, -0.05) is 12.1 Å². The average molecular weight is 197 g/mol. The van der Waals surface area contributed by atoms with Crippen LogP contribution in [0, 0.1) is 0 Å². The topological polar surface area (TPSA) is 63.3 Å². The molecule has 3 N–H and O–H groups in total. The summed E-state index contributed by atoms with van der Waals surface area (Å²) in [6.07, 6.45) is 0.256. The summed E-state index contributed by atoms with van der Waals surface area (Å²) in [5.41, 5.74) is 6.61. The zero-order chi connectivity index (χ0) is 10.6. The van der Waals surface area contributed by atoms with Crippen molar-refractivity contribution in [3.63, 3.8) is 0 Å². The average Bonchev–Trinajstić information content (AvgIpc) is 2.18. The zero-order valence-corrected chi connectivity index (χ0v) is 7.61. The highest BCUT2D eigenvalue weighted by Gasteiger charge is 2.07. The molecule has 1 aromatic rings. The Balaban J connectivity index is 2.77. The van der Waals surface area contributed by atoms with Crippen LogP contribution in [0.4, 0.5) is 4.39 Å². The highest BCUT2D eigenvalue weighted by Crippen LogP contribution is 2.14. The van der Waals surface area contributed by atoms with Gasteiger partial charge < -0.3 is 10.8 Å². The Hall–Kier alpha value is -1.42. The van der Waals surface area contributed by atoms with Crippen molar-refractivity contribution in [3.05, 3.63) is 35.4 Å². The summed E-state index contributed by atoms with van der Waals surface area (Å²) in [5.74, 6) is -0.976. The lowest BCUT2D eigenvalue weighted by atomic mass is 10.0. The number of halogens is 1. The number of hydrogen-bond acceptors (Lipinski definition) is 2. The zero-order valence-electron chi connectivity index (χ0n) is 7.61. The Kier molecular flexibility index (Phi) is 3.59. The molecule has 0 aromatic heterocycles. The largest absolute Gasteiger partial charge is 0.478 e. The molecule has 0 saturated carbocycles. The Morgan fingerprint density at radius 3 is 2.43 bits per heavy atom. The second kappa shape index (κ2) is 4.72. The van der Waals surface area contributed by atoms with Crippen molar-refractivity contribution in [1.82, 2.24) is 0 Å². The minimum absolute atomic E-state index is 0.209. The first-order valence-corrected chi connectivity index (χ1v) is 4.30. The fourth-order valence-electron chi connectivity index (χ4n) is 1.16. The van der Waals surface area contributed by atoms with E-state index in [0.29, 0.717) is 0 Å². The highest BCUT2D eigenvalue weighted by molar-refractivity contribution is 5.87. The van der Waals surface area contributed by atoms with Gasteiger partial charge in [-0.05, 0) is 24.1 Å². The SMILES string of the molecule is N[C@H](CCF)c1ccc(C(=O)O)cc1. The fraction of sp³-hybridized carbons (Fsp3) is 0.300. The molecule has 1 atom stereocenters. The molecule has 0 amide bonds. The molecule has 0 heterocycles. The number of rotatable bonds is 4. The molecule has 4 heteroatoms. The van der Waals surface area contributed by atoms with Crippen LogP contribution < -0.4 is 5.73 Å². The van der Waals surface area contributed by atoms with Gasteiger partial charge in [0.05, 0.1) is 12.2 Å². The van der Waals surface area contributed by atoms with E-state index < -0.39 is 12.6 Å². The number of carboxylic acids is 1. The van der Waals surface area contributed by atoms with E-state index in [1.807, 2.05) is 0 Å². The molecule has 0 aliphatic carbocycles. The van der Waals surface area contributed by atoms with E-state index in [2.05, 4.69) is 0 Å². The summed E-state index contributed by atoms with van der Waals surface area (Å²) in [7, 11) is 0. The summed E-state index contributed by atoms with van der Waals surface area (Å²) >= 11 is 0. The van der Waals surface area contributed by atoms with Crippen molar-refractivity contribution >= 4 is 5.97 Å². The van der Waals surface area contributed by atoms with E-state index in [1.54, 1.807) is 12.1 Å². The number of aromatic carboxylic acids is 1. The molecule has 0 unspecified atom stereocenters. The van der Waals surface area contributed by atoms with Crippen LogP contribution in [0.1, 0.15) is 28.4 Å². The number of benzene rings is 1. The molecule has 1 rings (SSSR count). The second-order valence-corrected chi connectivity index (χ2v) is 3.01. The molecule has 0 aliphatic rings. The summed E-state index contributed by atoms with van der Waals surface area (Å²) in [6, 6.07) is 5.81. The van der Waals surface area contributed by atoms with Crippen LogP contribution in [0.3, 0.4) is 0 Å². The van der Waals surface area contributed by atoms with Gasteiger partial charge in [-0.15, -0.1) is 0 Å². The van der Waals surface area contributed by atoms with Gasteiger partial charge in [0.2, 0.25) is 0 Å². The molecule has 0 aliphatic heterocycles. The van der Waals surface area contributed by atoms with Crippen LogP contribution in [0.2, 0.25) is 0 Å². The van der Waals surface area contributed by atoms with Crippen molar-refractivity contribution in [2.75, 3.05) is 6.67 Å². The van der Waals surface area contributed by atoms with Crippen LogP contribution in [0.5, 0.6) is 0 Å². The Labute approximate surface area is 81.4 Å². The summed E-state index contributed by atoms with van der Waals surface area (Å²) < 4.78 is 12.0. The third-order valence-corrected chi connectivity index (χ3v) is 2.01. The maximum Gasteiger partial charge on any atom is 0.335 e. The lowest BCUT2D eigenvalue weighted by molar-refractivity contribution is 0.0697. The van der Waals surface area contributed by atoms with Crippen LogP contribution >= 0.6 is 0 Å². The van der Waals surface area contributed by atoms with Gasteiger partial charge >= 0.3 is 5.97 Å².